The molecule has 1 aromatic heterocycles. The van der Waals surface area contributed by atoms with Gasteiger partial charge in [0.05, 0.1) is 12.3 Å². The quantitative estimate of drug-likeness (QED) is 0.735. The predicted molar refractivity (Wildman–Crippen MR) is 75.9 cm³/mol. The molecule has 0 radical (unpaired) electrons. The van der Waals surface area contributed by atoms with Gasteiger partial charge in [0.25, 0.3) is 0 Å². The molecule has 5 heteroatoms. The first kappa shape index (κ1) is 15.5. The zero-order chi connectivity index (χ0) is 14.3. The number of hydrogen-bond donors (Lipinski definition) is 1. The van der Waals surface area contributed by atoms with Gasteiger partial charge < -0.3 is 10.5 Å². The Bertz CT molecular complexity index is 401. The minimum atomic E-state index is -0.417. The first-order chi connectivity index (χ1) is 9.12. The number of hydrogen-bond acceptors (Lipinski definition) is 4. The standard InChI is InChI=1S/C14H25N3O2/c1-4-7-8-11(5-2)10-19-14(18)13-12(15)9-17(6-3)16-13/h9,11H,4-8,10,15H2,1-3H3. The Morgan fingerprint density at radius 3 is 2.74 bits per heavy atom. The van der Waals surface area contributed by atoms with Crippen LogP contribution in [0.5, 0.6) is 0 Å². The number of nitrogens with two attached hydrogens (primary N) is 1. The Labute approximate surface area is 115 Å². The van der Waals surface area contributed by atoms with Crippen LogP contribution in [0.1, 0.15) is 56.9 Å². The topological polar surface area (TPSA) is 70.1 Å². The van der Waals surface area contributed by atoms with Crippen molar-refractivity contribution in [1.82, 2.24) is 9.78 Å². The molecular weight excluding hydrogens is 242 g/mol. The van der Waals surface area contributed by atoms with E-state index in [0.717, 1.165) is 19.3 Å². The summed E-state index contributed by atoms with van der Waals surface area (Å²) in [6.07, 6.45) is 6.11. The van der Waals surface area contributed by atoms with E-state index in [9.17, 15) is 4.79 Å². The molecule has 0 fully saturated rings. The van der Waals surface area contributed by atoms with Crippen molar-refractivity contribution in [2.45, 2.75) is 53.0 Å². The summed E-state index contributed by atoms with van der Waals surface area (Å²) in [5.41, 5.74) is 6.36. The molecule has 2 N–H and O–H groups in total. The van der Waals surface area contributed by atoms with E-state index in [2.05, 4.69) is 18.9 Å². The molecule has 0 bridgehead atoms. The molecule has 5 nitrogen and oxygen atoms in total. The molecule has 108 valence electrons. The number of rotatable bonds is 8. The minimum absolute atomic E-state index is 0.229. The van der Waals surface area contributed by atoms with Crippen LogP contribution in [0.3, 0.4) is 0 Å². The first-order valence-electron chi connectivity index (χ1n) is 7.12. The lowest BCUT2D eigenvalue weighted by atomic mass is 10.0. The van der Waals surface area contributed by atoms with Gasteiger partial charge in [-0.3, -0.25) is 4.68 Å². The summed E-state index contributed by atoms with van der Waals surface area (Å²) in [5, 5.41) is 4.11. The summed E-state index contributed by atoms with van der Waals surface area (Å²) >= 11 is 0. The average molecular weight is 267 g/mol. The van der Waals surface area contributed by atoms with E-state index >= 15 is 0 Å². The van der Waals surface area contributed by atoms with E-state index in [1.165, 1.54) is 6.42 Å². The Hall–Kier alpha value is -1.52. The number of ether oxygens (including phenoxy) is 1. The lowest BCUT2D eigenvalue weighted by molar-refractivity contribution is 0.0421. The fourth-order valence-corrected chi connectivity index (χ4v) is 1.92. The summed E-state index contributed by atoms with van der Waals surface area (Å²) in [4.78, 5) is 11.9. The van der Waals surface area contributed by atoms with E-state index in [1.807, 2.05) is 6.92 Å². The first-order valence-corrected chi connectivity index (χ1v) is 7.12. The number of aryl methyl sites for hydroxylation is 1. The highest BCUT2D eigenvalue weighted by molar-refractivity contribution is 5.92. The second-order valence-corrected chi connectivity index (χ2v) is 4.80. The lowest BCUT2D eigenvalue weighted by Crippen LogP contribution is -2.15. The van der Waals surface area contributed by atoms with Crippen molar-refractivity contribution >= 4 is 11.7 Å². The molecule has 1 rings (SSSR count). The monoisotopic (exact) mass is 267 g/mol. The van der Waals surface area contributed by atoms with E-state index in [4.69, 9.17) is 10.5 Å². The fourth-order valence-electron chi connectivity index (χ4n) is 1.92. The van der Waals surface area contributed by atoms with Crippen LogP contribution in [0.15, 0.2) is 6.20 Å². The van der Waals surface area contributed by atoms with Crippen LogP contribution >= 0.6 is 0 Å². The predicted octanol–water partition coefficient (Wildman–Crippen LogP) is 2.86. The molecular formula is C14H25N3O2. The van der Waals surface area contributed by atoms with Gasteiger partial charge in [-0.2, -0.15) is 5.10 Å². The zero-order valence-corrected chi connectivity index (χ0v) is 12.2. The van der Waals surface area contributed by atoms with Crippen molar-refractivity contribution in [3.63, 3.8) is 0 Å². The average Bonchev–Trinajstić information content (AvgIpc) is 2.80. The molecule has 0 saturated heterocycles. The number of anilines is 1. The van der Waals surface area contributed by atoms with Gasteiger partial charge in [0.15, 0.2) is 5.69 Å². The van der Waals surface area contributed by atoms with Crippen molar-refractivity contribution in [3.8, 4) is 0 Å². The van der Waals surface area contributed by atoms with Gasteiger partial charge in [-0.1, -0.05) is 33.1 Å². The number of unbranched alkanes of at least 4 members (excludes halogenated alkanes) is 1. The summed E-state index contributed by atoms with van der Waals surface area (Å²) < 4.78 is 6.96. The van der Waals surface area contributed by atoms with Gasteiger partial charge in [0.1, 0.15) is 0 Å². The molecule has 0 amide bonds. The number of carbonyl (C=O) groups is 1. The normalized spacial score (nSPS) is 12.4. The summed E-state index contributed by atoms with van der Waals surface area (Å²) in [6, 6.07) is 0. The van der Waals surface area contributed by atoms with Crippen LogP contribution < -0.4 is 5.73 Å². The van der Waals surface area contributed by atoms with E-state index in [0.29, 0.717) is 24.8 Å². The minimum Gasteiger partial charge on any atom is -0.461 e. The summed E-state index contributed by atoms with van der Waals surface area (Å²) in [5.74, 6) is 0.0121. The number of nitrogen functional groups attached to an aromatic ring is 1. The SMILES string of the molecule is CCCCC(CC)COC(=O)c1nn(CC)cc1N. The maximum Gasteiger partial charge on any atom is 0.361 e. The van der Waals surface area contributed by atoms with Crippen molar-refractivity contribution in [1.29, 1.82) is 0 Å². The smallest absolute Gasteiger partial charge is 0.361 e. The highest BCUT2D eigenvalue weighted by atomic mass is 16.5. The molecule has 0 saturated carbocycles. The van der Waals surface area contributed by atoms with Gasteiger partial charge in [-0.25, -0.2) is 4.79 Å². The molecule has 1 heterocycles. The highest BCUT2D eigenvalue weighted by Crippen LogP contribution is 2.15. The van der Waals surface area contributed by atoms with E-state index in [-0.39, 0.29) is 5.69 Å². The lowest BCUT2D eigenvalue weighted by Gasteiger charge is -2.14. The number of carbonyl (C=O) groups excluding carboxylic acids is 1. The third-order valence-electron chi connectivity index (χ3n) is 3.30. The second-order valence-electron chi connectivity index (χ2n) is 4.80. The van der Waals surface area contributed by atoms with Crippen LogP contribution in [0.2, 0.25) is 0 Å². The molecule has 0 aliphatic carbocycles. The van der Waals surface area contributed by atoms with Crippen LogP contribution in [-0.2, 0) is 11.3 Å². The van der Waals surface area contributed by atoms with Gasteiger partial charge in [0, 0.05) is 12.7 Å². The zero-order valence-electron chi connectivity index (χ0n) is 12.2. The van der Waals surface area contributed by atoms with Crippen LogP contribution in [-0.4, -0.2) is 22.4 Å². The molecule has 0 aromatic carbocycles. The van der Waals surface area contributed by atoms with Gasteiger partial charge in [0.2, 0.25) is 0 Å². The van der Waals surface area contributed by atoms with Crippen LogP contribution in [0, 0.1) is 5.92 Å². The molecule has 0 aliphatic rings. The summed E-state index contributed by atoms with van der Waals surface area (Å²) in [6.45, 7) is 7.36. The Balaban J connectivity index is 2.51. The Morgan fingerprint density at radius 1 is 1.47 bits per heavy atom. The van der Waals surface area contributed by atoms with Crippen molar-refractivity contribution < 1.29 is 9.53 Å². The molecule has 1 atom stereocenters. The number of esters is 1. The maximum atomic E-state index is 11.9. The van der Waals surface area contributed by atoms with Crippen LogP contribution in [0.4, 0.5) is 5.69 Å². The van der Waals surface area contributed by atoms with Crippen molar-refractivity contribution in [2.24, 2.45) is 5.92 Å². The largest absolute Gasteiger partial charge is 0.461 e. The van der Waals surface area contributed by atoms with E-state index in [1.54, 1.807) is 10.9 Å². The fraction of sp³-hybridized carbons (Fsp3) is 0.714. The third kappa shape index (κ3) is 4.58. The van der Waals surface area contributed by atoms with Crippen molar-refractivity contribution in [3.05, 3.63) is 11.9 Å². The van der Waals surface area contributed by atoms with E-state index < -0.39 is 5.97 Å². The maximum absolute atomic E-state index is 11.9. The molecule has 0 spiro atoms. The van der Waals surface area contributed by atoms with Gasteiger partial charge in [-0.05, 0) is 19.3 Å². The number of aromatic nitrogens is 2. The molecule has 19 heavy (non-hydrogen) atoms. The van der Waals surface area contributed by atoms with Gasteiger partial charge in [-0.15, -0.1) is 0 Å². The Morgan fingerprint density at radius 2 is 2.21 bits per heavy atom. The molecule has 0 aliphatic heterocycles. The molecule has 1 aromatic rings. The number of nitrogens with zero attached hydrogens (tertiary/aromatic N) is 2. The second kappa shape index (κ2) is 7.81. The van der Waals surface area contributed by atoms with Gasteiger partial charge >= 0.3 is 5.97 Å². The van der Waals surface area contributed by atoms with Crippen LogP contribution in [0.25, 0.3) is 0 Å². The molecule has 1 unspecified atom stereocenters. The summed E-state index contributed by atoms with van der Waals surface area (Å²) in [7, 11) is 0. The van der Waals surface area contributed by atoms with Crippen molar-refractivity contribution in [2.75, 3.05) is 12.3 Å². The third-order valence-corrected chi connectivity index (χ3v) is 3.30. The Kier molecular flexibility index (Phi) is 6.39. The highest BCUT2D eigenvalue weighted by Gasteiger charge is 2.17.